The van der Waals surface area contributed by atoms with Gasteiger partial charge in [0.25, 0.3) is 0 Å². The number of hydrogen-bond donors (Lipinski definition) is 2. The van der Waals surface area contributed by atoms with Crippen LogP contribution in [0.25, 0.3) is 0 Å². The zero-order valence-corrected chi connectivity index (χ0v) is 14.2. The van der Waals surface area contributed by atoms with E-state index in [1.54, 1.807) is 4.90 Å². The number of amides is 1. The molecule has 23 heavy (non-hydrogen) atoms. The summed E-state index contributed by atoms with van der Waals surface area (Å²) in [6.45, 7) is 0.613. The number of halogens is 1. The van der Waals surface area contributed by atoms with Gasteiger partial charge in [0.1, 0.15) is 5.78 Å². The first-order valence-electron chi connectivity index (χ1n) is 7.63. The van der Waals surface area contributed by atoms with Crippen LogP contribution in [0.3, 0.4) is 0 Å². The van der Waals surface area contributed by atoms with Gasteiger partial charge in [0, 0.05) is 23.9 Å². The summed E-state index contributed by atoms with van der Waals surface area (Å²) in [5, 5.41) is 19.3. The largest absolute Gasteiger partial charge is 0.504 e. The Morgan fingerprint density at radius 2 is 1.96 bits per heavy atom. The monoisotopic (exact) mass is 379 g/mol. The lowest BCUT2D eigenvalue weighted by Gasteiger charge is -2.39. The minimum Gasteiger partial charge on any atom is -0.504 e. The molecule has 1 amide bonds. The van der Waals surface area contributed by atoms with E-state index < -0.39 is 0 Å². The minimum absolute atomic E-state index is 0.0930. The van der Waals surface area contributed by atoms with Gasteiger partial charge in [-0.3, -0.25) is 9.59 Å². The Morgan fingerprint density at radius 1 is 1.22 bits per heavy atom. The van der Waals surface area contributed by atoms with E-state index >= 15 is 0 Å². The lowest BCUT2D eigenvalue weighted by Crippen LogP contribution is -2.43. The summed E-state index contributed by atoms with van der Waals surface area (Å²) in [4.78, 5) is 24.9. The summed E-state index contributed by atoms with van der Waals surface area (Å²) in [5.74, 6) is -0.0881. The van der Waals surface area contributed by atoms with Crippen LogP contribution >= 0.6 is 15.9 Å². The molecule has 0 radical (unpaired) electrons. The summed E-state index contributed by atoms with van der Waals surface area (Å²) < 4.78 is 0.693. The van der Waals surface area contributed by atoms with Crippen molar-refractivity contribution < 1.29 is 19.8 Å². The number of phenolic OH excluding ortho intramolecular Hbond substituents is 2. The Hall–Kier alpha value is -1.82. The van der Waals surface area contributed by atoms with Crippen LogP contribution < -0.4 is 0 Å². The van der Waals surface area contributed by atoms with E-state index in [9.17, 15) is 19.8 Å². The molecule has 1 aromatic rings. The molecule has 0 aromatic heterocycles. The van der Waals surface area contributed by atoms with Crippen molar-refractivity contribution in [1.29, 1.82) is 0 Å². The van der Waals surface area contributed by atoms with Crippen molar-refractivity contribution in [3.63, 3.8) is 0 Å². The second-order valence-electron chi connectivity index (χ2n) is 6.09. The maximum atomic E-state index is 11.7. The molecular formula is C17H18BrNO4. The number of aromatic hydroxyl groups is 2. The Kier molecular flexibility index (Phi) is 4.43. The van der Waals surface area contributed by atoms with E-state index in [2.05, 4.69) is 15.9 Å². The number of rotatable bonds is 3. The Balaban J connectivity index is 1.95. The van der Waals surface area contributed by atoms with Crippen molar-refractivity contribution in [2.45, 2.75) is 38.1 Å². The van der Waals surface area contributed by atoms with E-state index in [4.69, 9.17) is 0 Å². The SMILES string of the molecule is O=CN1CCC2=C(CCC(=O)C2)[C@@H]1Cc1cc(O)c(O)cc1Br. The third-order valence-electron chi connectivity index (χ3n) is 4.70. The van der Waals surface area contributed by atoms with Gasteiger partial charge in [0.05, 0.1) is 6.04 Å². The highest BCUT2D eigenvalue weighted by Gasteiger charge is 2.32. The van der Waals surface area contributed by atoms with Gasteiger partial charge in [0.15, 0.2) is 11.5 Å². The number of Topliss-reactive ketones (excluding diaryl/α,β-unsaturated/α-hetero) is 1. The molecule has 0 spiro atoms. The maximum absolute atomic E-state index is 11.7. The van der Waals surface area contributed by atoms with Crippen molar-refractivity contribution in [1.82, 2.24) is 4.90 Å². The number of carbonyl (C=O) groups is 2. The second kappa shape index (κ2) is 6.35. The molecule has 1 aliphatic carbocycles. The molecule has 1 heterocycles. The number of hydrogen-bond acceptors (Lipinski definition) is 4. The molecule has 2 N–H and O–H groups in total. The highest BCUT2D eigenvalue weighted by atomic mass is 79.9. The zero-order chi connectivity index (χ0) is 16.6. The van der Waals surface area contributed by atoms with Crippen LogP contribution in [0, 0.1) is 0 Å². The summed E-state index contributed by atoms with van der Waals surface area (Å²) in [5.41, 5.74) is 3.17. The van der Waals surface area contributed by atoms with Crippen molar-refractivity contribution in [2.24, 2.45) is 0 Å². The summed E-state index contributed by atoms with van der Waals surface area (Å²) in [6.07, 6.45) is 3.90. The minimum atomic E-state index is -0.181. The smallest absolute Gasteiger partial charge is 0.210 e. The highest BCUT2D eigenvalue weighted by Crippen LogP contribution is 2.37. The van der Waals surface area contributed by atoms with Gasteiger partial charge in [-0.1, -0.05) is 21.5 Å². The maximum Gasteiger partial charge on any atom is 0.210 e. The highest BCUT2D eigenvalue weighted by molar-refractivity contribution is 9.10. The molecule has 6 heteroatoms. The normalized spacial score (nSPS) is 21.3. The first kappa shape index (κ1) is 16.1. The van der Waals surface area contributed by atoms with Crippen molar-refractivity contribution in [3.8, 4) is 11.5 Å². The molecule has 2 aliphatic rings. The second-order valence-corrected chi connectivity index (χ2v) is 6.94. The molecule has 3 rings (SSSR count). The molecular weight excluding hydrogens is 362 g/mol. The van der Waals surface area contributed by atoms with Gasteiger partial charge >= 0.3 is 0 Å². The standard InChI is InChI=1S/C17H18BrNO4/c18-14-8-17(23)16(22)7-11(14)6-15-13-2-1-12(21)5-10(13)3-4-19(15)9-20/h7-9,15,22-23H,1-6H2/t15-/m0/s1. The fraction of sp³-hybridized carbons (Fsp3) is 0.412. The zero-order valence-electron chi connectivity index (χ0n) is 12.6. The van der Waals surface area contributed by atoms with Crippen molar-refractivity contribution in [2.75, 3.05) is 6.54 Å². The molecule has 0 saturated heterocycles. The van der Waals surface area contributed by atoms with Crippen LogP contribution in [-0.4, -0.2) is 39.9 Å². The lowest BCUT2D eigenvalue weighted by molar-refractivity contribution is -0.120. The molecule has 0 bridgehead atoms. The molecule has 5 nitrogen and oxygen atoms in total. The molecule has 1 atom stereocenters. The van der Waals surface area contributed by atoms with Crippen LogP contribution in [0.1, 0.15) is 31.2 Å². The summed E-state index contributed by atoms with van der Waals surface area (Å²) >= 11 is 3.40. The fourth-order valence-electron chi connectivity index (χ4n) is 3.49. The molecule has 1 aliphatic heterocycles. The number of benzene rings is 1. The van der Waals surface area contributed by atoms with Gasteiger partial charge in [-0.25, -0.2) is 0 Å². The molecule has 0 unspecified atom stereocenters. The topological polar surface area (TPSA) is 77.8 Å². The van der Waals surface area contributed by atoms with E-state index in [0.717, 1.165) is 18.4 Å². The third-order valence-corrected chi connectivity index (χ3v) is 5.44. The van der Waals surface area contributed by atoms with Crippen molar-refractivity contribution >= 4 is 28.1 Å². The molecule has 0 saturated carbocycles. The summed E-state index contributed by atoms with van der Waals surface area (Å²) in [7, 11) is 0. The first-order chi connectivity index (χ1) is 11.0. The predicted octanol–water partition coefficient (Wildman–Crippen LogP) is 2.68. The molecule has 0 fully saturated rings. The van der Waals surface area contributed by atoms with Crippen LogP contribution in [0.2, 0.25) is 0 Å². The number of carbonyl (C=O) groups excluding carboxylic acids is 2. The van der Waals surface area contributed by atoms with Gasteiger partial charge in [-0.05, 0) is 42.5 Å². The quantitative estimate of drug-likeness (QED) is 0.480. The molecule has 1 aromatic carbocycles. The van der Waals surface area contributed by atoms with E-state index in [1.165, 1.54) is 23.3 Å². The number of nitrogens with zero attached hydrogens (tertiary/aromatic N) is 1. The van der Waals surface area contributed by atoms with Gasteiger partial charge < -0.3 is 15.1 Å². The average Bonchev–Trinajstić information content (AvgIpc) is 2.52. The summed E-state index contributed by atoms with van der Waals surface area (Å²) in [6, 6.07) is 2.88. The van der Waals surface area contributed by atoms with Crippen LogP contribution in [0.4, 0.5) is 0 Å². The number of phenols is 2. The fourth-order valence-corrected chi connectivity index (χ4v) is 3.98. The predicted molar refractivity (Wildman–Crippen MR) is 88.2 cm³/mol. The van der Waals surface area contributed by atoms with Gasteiger partial charge in [-0.2, -0.15) is 0 Å². The van der Waals surface area contributed by atoms with E-state index in [1.807, 2.05) is 0 Å². The Labute approximate surface area is 142 Å². The van der Waals surface area contributed by atoms with Gasteiger partial charge in [-0.15, -0.1) is 0 Å². The Bertz CT molecular complexity index is 698. The van der Waals surface area contributed by atoms with Crippen LogP contribution in [0.15, 0.2) is 27.8 Å². The van der Waals surface area contributed by atoms with Crippen LogP contribution in [0.5, 0.6) is 11.5 Å². The molecule has 122 valence electrons. The van der Waals surface area contributed by atoms with Crippen LogP contribution in [-0.2, 0) is 16.0 Å². The van der Waals surface area contributed by atoms with Gasteiger partial charge in [0.2, 0.25) is 6.41 Å². The Morgan fingerprint density at radius 3 is 2.70 bits per heavy atom. The number of ketones is 1. The average molecular weight is 380 g/mol. The van der Waals surface area contributed by atoms with Crippen molar-refractivity contribution in [3.05, 3.63) is 33.3 Å². The van der Waals surface area contributed by atoms with E-state index in [0.29, 0.717) is 36.7 Å². The first-order valence-corrected chi connectivity index (χ1v) is 8.42. The van der Waals surface area contributed by atoms with E-state index in [-0.39, 0.29) is 23.3 Å². The lowest BCUT2D eigenvalue weighted by atomic mass is 9.80. The third kappa shape index (κ3) is 3.13.